The summed E-state index contributed by atoms with van der Waals surface area (Å²) in [5, 5.41) is 4.12. The predicted octanol–water partition coefficient (Wildman–Crippen LogP) is 4.43. The van der Waals surface area contributed by atoms with Crippen molar-refractivity contribution in [1.82, 2.24) is 5.32 Å². The molecular weight excluding hydrogens is 300 g/mol. The smallest absolute Gasteiger partial charge is 0.129 e. The van der Waals surface area contributed by atoms with Gasteiger partial charge in [-0.05, 0) is 37.4 Å². The number of ether oxygens (including phenoxy) is 1. The molecule has 0 saturated carbocycles. The lowest BCUT2D eigenvalue weighted by atomic mass is 10.2. The fourth-order valence-corrected chi connectivity index (χ4v) is 2.26. The molecule has 0 aliphatic heterocycles. The maximum atomic E-state index is 13.6. The van der Waals surface area contributed by atoms with Crippen molar-refractivity contribution in [2.45, 2.75) is 13.2 Å². The van der Waals surface area contributed by atoms with Crippen molar-refractivity contribution >= 4 is 23.2 Å². The van der Waals surface area contributed by atoms with E-state index < -0.39 is 0 Å². The van der Waals surface area contributed by atoms with Gasteiger partial charge in [0.1, 0.15) is 18.2 Å². The Hall–Kier alpha value is -1.29. The number of halogens is 3. The third-order valence-corrected chi connectivity index (χ3v) is 3.41. The number of hydrogen-bond donors (Lipinski definition) is 1. The zero-order chi connectivity index (χ0) is 14.5. The molecule has 5 heteroatoms. The zero-order valence-corrected chi connectivity index (χ0v) is 12.4. The highest BCUT2D eigenvalue weighted by atomic mass is 35.5. The average Bonchev–Trinajstić information content (AvgIpc) is 2.43. The highest BCUT2D eigenvalue weighted by Crippen LogP contribution is 2.27. The van der Waals surface area contributed by atoms with E-state index in [2.05, 4.69) is 5.32 Å². The average molecular weight is 314 g/mol. The highest BCUT2D eigenvalue weighted by molar-refractivity contribution is 6.31. The van der Waals surface area contributed by atoms with Gasteiger partial charge in [-0.1, -0.05) is 29.3 Å². The molecule has 0 spiro atoms. The van der Waals surface area contributed by atoms with Crippen molar-refractivity contribution in [3.8, 4) is 5.75 Å². The topological polar surface area (TPSA) is 21.3 Å². The summed E-state index contributed by atoms with van der Waals surface area (Å²) < 4.78 is 19.3. The van der Waals surface area contributed by atoms with Crippen molar-refractivity contribution in [3.63, 3.8) is 0 Å². The predicted molar refractivity (Wildman–Crippen MR) is 80.0 cm³/mol. The second-order valence-electron chi connectivity index (χ2n) is 4.27. The first-order chi connectivity index (χ1) is 9.61. The number of rotatable bonds is 5. The Bertz CT molecular complexity index is 604. The van der Waals surface area contributed by atoms with Gasteiger partial charge >= 0.3 is 0 Å². The quantitative estimate of drug-likeness (QED) is 0.881. The Kier molecular flexibility index (Phi) is 5.24. The number of nitrogens with one attached hydrogen (secondary N) is 1. The Labute approximate surface area is 127 Å². The molecule has 0 aromatic heterocycles. The summed E-state index contributed by atoms with van der Waals surface area (Å²) in [4.78, 5) is 0. The minimum atomic E-state index is -0.341. The van der Waals surface area contributed by atoms with Crippen LogP contribution in [0.1, 0.15) is 11.1 Å². The van der Waals surface area contributed by atoms with Crippen LogP contribution in [0.4, 0.5) is 4.39 Å². The van der Waals surface area contributed by atoms with Gasteiger partial charge in [0.15, 0.2) is 0 Å². The van der Waals surface area contributed by atoms with Gasteiger partial charge in [0.05, 0.1) is 0 Å². The monoisotopic (exact) mass is 313 g/mol. The third kappa shape index (κ3) is 3.63. The minimum absolute atomic E-state index is 0.101. The summed E-state index contributed by atoms with van der Waals surface area (Å²) in [6.07, 6.45) is 0. The number of benzene rings is 2. The van der Waals surface area contributed by atoms with Gasteiger partial charge in [-0.2, -0.15) is 0 Å². The molecule has 2 aromatic rings. The van der Waals surface area contributed by atoms with Gasteiger partial charge < -0.3 is 10.1 Å². The van der Waals surface area contributed by atoms with E-state index >= 15 is 0 Å². The second-order valence-corrected chi connectivity index (χ2v) is 5.11. The molecule has 0 amide bonds. The fraction of sp³-hybridized carbons (Fsp3) is 0.200. The molecule has 0 unspecified atom stereocenters. The van der Waals surface area contributed by atoms with Gasteiger partial charge in [0.2, 0.25) is 0 Å². The van der Waals surface area contributed by atoms with Crippen LogP contribution < -0.4 is 10.1 Å². The zero-order valence-electron chi connectivity index (χ0n) is 10.9. The molecule has 0 aliphatic carbocycles. The van der Waals surface area contributed by atoms with Gasteiger partial charge in [-0.3, -0.25) is 0 Å². The van der Waals surface area contributed by atoms with Gasteiger partial charge in [0.25, 0.3) is 0 Å². The van der Waals surface area contributed by atoms with E-state index in [1.807, 2.05) is 7.05 Å². The normalized spacial score (nSPS) is 10.6. The van der Waals surface area contributed by atoms with Crippen LogP contribution in [-0.4, -0.2) is 7.05 Å². The van der Waals surface area contributed by atoms with Crippen LogP contribution in [0.5, 0.6) is 5.75 Å². The Morgan fingerprint density at radius 2 is 2.00 bits per heavy atom. The lowest BCUT2D eigenvalue weighted by Crippen LogP contribution is -2.08. The molecule has 2 aromatic carbocycles. The van der Waals surface area contributed by atoms with Crippen LogP contribution in [-0.2, 0) is 13.2 Å². The summed E-state index contributed by atoms with van der Waals surface area (Å²) in [7, 11) is 1.82. The molecule has 20 heavy (non-hydrogen) atoms. The summed E-state index contributed by atoms with van der Waals surface area (Å²) in [5.41, 5.74) is 1.26. The van der Waals surface area contributed by atoms with Crippen molar-refractivity contribution in [2.75, 3.05) is 7.05 Å². The fourth-order valence-electron chi connectivity index (χ4n) is 1.83. The van der Waals surface area contributed by atoms with E-state index in [4.69, 9.17) is 27.9 Å². The molecule has 1 N–H and O–H groups in total. The Balaban J connectivity index is 2.18. The molecule has 0 aliphatic rings. The summed E-state index contributed by atoms with van der Waals surface area (Å²) in [6, 6.07) is 9.78. The van der Waals surface area contributed by atoms with E-state index in [-0.39, 0.29) is 12.4 Å². The van der Waals surface area contributed by atoms with E-state index in [0.29, 0.717) is 27.9 Å². The van der Waals surface area contributed by atoms with E-state index in [1.165, 1.54) is 12.1 Å². The summed E-state index contributed by atoms with van der Waals surface area (Å²) in [6.45, 7) is 0.677. The maximum absolute atomic E-state index is 13.6. The third-order valence-electron chi connectivity index (χ3n) is 2.82. The van der Waals surface area contributed by atoms with E-state index in [0.717, 1.165) is 5.56 Å². The molecular formula is C15H14Cl2FNO. The first-order valence-electron chi connectivity index (χ1n) is 6.10. The van der Waals surface area contributed by atoms with Crippen LogP contribution in [0.25, 0.3) is 0 Å². The maximum Gasteiger partial charge on any atom is 0.129 e. The summed E-state index contributed by atoms with van der Waals surface area (Å²) in [5.74, 6) is 0.290. The van der Waals surface area contributed by atoms with Crippen LogP contribution in [0.2, 0.25) is 10.0 Å². The second kappa shape index (κ2) is 6.93. The first kappa shape index (κ1) is 15.1. The molecule has 0 heterocycles. The molecule has 2 rings (SSSR count). The van der Waals surface area contributed by atoms with Gasteiger partial charge in [0, 0.05) is 27.7 Å². The van der Waals surface area contributed by atoms with Gasteiger partial charge in [-0.25, -0.2) is 4.39 Å². The van der Waals surface area contributed by atoms with Crippen molar-refractivity contribution < 1.29 is 9.13 Å². The molecule has 0 bridgehead atoms. The SMILES string of the molecule is CNCc1c(Cl)cccc1OCc1cc(Cl)ccc1F. The molecule has 2 nitrogen and oxygen atoms in total. The van der Waals surface area contributed by atoms with Crippen molar-refractivity contribution in [3.05, 3.63) is 63.4 Å². The van der Waals surface area contributed by atoms with E-state index in [1.54, 1.807) is 24.3 Å². The number of hydrogen-bond acceptors (Lipinski definition) is 2. The van der Waals surface area contributed by atoms with Crippen LogP contribution in [0, 0.1) is 5.82 Å². The van der Waals surface area contributed by atoms with Crippen molar-refractivity contribution in [2.24, 2.45) is 0 Å². The Morgan fingerprint density at radius 1 is 1.20 bits per heavy atom. The largest absolute Gasteiger partial charge is 0.488 e. The van der Waals surface area contributed by atoms with Crippen LogP contribution in [0.3, 0.4) is 0 Å². The van der Waals surface area contributed by atoms with Crippen molar-refractivity contribution in [1.29, 1.82) is 0 Å². The van der Waals surface area contributed by atoms with E-state index in [9.17, 15) is 4.39 Å². The van der Waals surface area contributed by atoms with Crippen LogP contribution in [0.15, 0.2) is 36.4 Å². The lowest BCUT2D eigenvalue weighted by molar-refractivity contribution is 0.296. The Morgan fingerprint density at radius 3 is 2.75 bits per heavy atom. The molecule has 0 fully saturated rings. The molecule has 106 valence electrons. The first-order valence-corrected chi connectivity index (χ1v) is 6.86. The lowest BCUT2D eigenvalue weighted by Gasteiger charge is -2.13. The minimum Gasteiger partial charge on any atom is -0.488 e. The molecule has 0 atom stereocenters. The summed E-state index contributed by atoms with van der Waals surface area (Å²) >= 11 is 12.0. The molecule has 0 saturated heterocycles. The van der Waals surface area contributed by atoms with Gasteiger partial charge in [-0.15, -0.1) is 0 Å². The standard InChI is InChI=1S/C15H14Cl2FNO/c1-19-8-12-13(17)3-2-4-15(12)20-9-10-7-11(16)5-6-14(10)18/h2-7,19H,8-9H2,1H3. The molecule has 0 radical (unpaired) electrons. The highest BCUT2D eigenvalue weighted by Gasteiger charge is 2.09. The van der Waals surface area contributed by atoms with Crippen LogP contribution >= 0.6 is 23.2 Å².